The van der Waals surface area contributed by atoms with Crippen LogP contribution >= 0.6 is 0 Å². The summed E-state index contributed by atoms with van der Waals surface area (Å²) in [5.74, 6) is 3.80. The molecule has 7 rings (SSSR count). The minimum atomic E-state index is -0.217. The number of hydrogen-bond acceptors (Lipinski definition) is 12. The Morgan fingerprint density at radius 2 is 0.644 bits per heavy atom. The lowest BCUT2D eigenvalue weighted by atomic mass is 9.78. The minimum absolute atomic E-state index is 0.0319. The summed E-state index contributed by atoms with van der Waals surface area (Å²) < 4.78 is 51.4. The molecule has 0 amide bonds. The van der Waals surface area contributed by atoms with Crippen molar-refractivity contribution in [3.05, 3.63) is 178 Å². The number of benzene rings is 6. The van der Waals surface area contributed by atoms with Crippen molar-refractivity contribution in [3.63, 3.8) is 0 Å². The Morgan fingerprint density at radius 3 is 0.890 bits per heavy atom. The standard InChI is InChI=1S/C17H20O2.C16H12O4.C10H14O2.C10H22O2.C8H10O2/c1-17(2,13-5-9-15(18-3)10-6-13)14-7-11-16(19-4)12-8-14;1-19-11-7-8-12(20-2)14-13(11)15(17)9-5-3-4-6-10(9)16(14)18;1-11-7-9-3-5-10(6-4-9)8-12-2;1-9(2,11-5)7-8-10(3,4)12-6;1-9-7-3-5-8(10-2)6-4-7/h5-12H,1-4H3;3-8H,1-2H3;3-6H,7-8H2,1-2H3;7-8H2,1-6H3;3-6H,1-2H3. The van der Waals surface area contributed by atoms with Gasteiger partial charge < -0.3 is 47.4 Å². The highest BCUT2D eigenvalue weighted by Gasteiger charge is 2.35. The first-order valence-corrected chi connectivity index (χ1v) is 23.9. The zero-order chi connectivity index (χ0) is 54.2. The maximum absolute atomic E-state index is 12.6. The number of carbonyl (C=O) groups is 2. The van der Waals surface area contributed by atoms with E-state index in [1.165, 1.54) is 36.5 Å². The summed E-state index contributed by atoms with van der Waals surface area (Å²) in [4.78, 5) is 25.2. The van der Waals surface area contributed by atoms with Gasteiger partial charge in [0, 0.05) is 45.0 Å². The lowest BCUT2D eigenvalue weighted by Crippen LogP contribution is -2.29. The van der Waals surface area contributed by atoms with Gasteiger partial charge in [-0.1, -0.05) is 86.6 Å². The second-order valence-corrected chi connectivity index (χ2v) is 18.5. The lowest BCUT2D eigenvalue weighted by molar-refractivity contribution is -0.0302. The normalized spacial score (nSPS) is 11.5. The summed E-state index contributed by atoms with van der Waals surface area (Å²) in [5, 5.41) is 0. The average molecular weight is 1000 g/mol. The Kier molecular flexibility index (Phi) is 24.7. The Morgan fingerprint density at radius 1 is 0.356 bits per heavy atom. The highest BCUT2D eigenvalue weighted by atomic mass is 16.5. The van der Waals surface area contributed by atoms with Gasteiger partial charge in [-0.2, -0.15) is 0 Å². The van der Waals surface area contributed by atoms with Crippen LogP contribution in [0.2, 0.25) is 0 Å². The molecule has 12 heteroatoms. The van der Waals surface area contributed by atoms with E-state index in [4.69, 9.17) is 47.4 Å². The van der Waals surface area contributed by atoms with E-state index in [0.29, 0.717) is 35.8 Å². The molecule has 0 saturated heterocycles. The third kappa shape index (κ3) is 18.1. The summed E-state index contributed by atoms with van der Waals surface area (Å²) >= 11 is 0. The molecule has 0 aliphatic heterocycles. The van der Waals surface area contributed by atoms with Gasteiger partial charge in [-0.15, -0.1) is 0 Å². The summed E-state index contributed by atoms with van der Waals surface area (Å²) in [7, 11) is 16.5. The predicted molar refractivity (Wildman–Crippen MR) is 290 cm³/mol. The molecule has 0 N–H and O–H groups in total. The molecule has 6 aromatic carbocycles. The molecule has 0 spiro atoms. The summed E-state index contributed by atoms with van der Waals surface area (Å²) in [6, 6.07) is 42.2. The van der Waals surface area contributed by atoms with Gasteiger partial charge in [0.1, 0.15) is 34.5 Å². The SMILES string of the molecule is COC(C)(C)CCC(C)(C)OC.COCc1ccc(COC)cc1.COc1ccc(C(C)(C)c2ccc(OC)cc2)cc1.COc1ccc(OC)c2c1C(=O)c1ccccc1C2=O.COc1ccc(OC)cc1. The molecule has 0 saturated carbocycles. The van der Waals surface area contributed by atoms with E-state index >= 15 is 0 Å². The van der Waals surface area contributed by atoms with Crippen molar-refractivity contribution < 1.29 is 57.0 Å². The monoisotopic (exact) mass is 1000 g/mol. The average Bonchev–Trinajstić information content (AvgIpc) is 3.43. The molecular formula is C61H78O12. The van der Waals surface area contributed by atoms with E-state index in [0.717, 1.165) is 35.8 Å². The van der Waals surface area contributed by atoms with Gasteiger partial charge in [-0.25, -0.2) is 0 Å². The predicted octanol–water partition coefficient (Wildman–Crippen LogP) is 12.8. The van der Waals surface area contributed by atoms with Crippen molar-refractivity contribution in [1.29, 1.82) is 0 Å². The maximum atomic E-state index is 12.6. The van der Waals surface area contributed by atoms with Crippen LogP contribution in [0.5, 0.6) is 34.5 Å². The van der Waals surface area contributed by atoms with Crippen LogP contribution in [0.4, 0.5) is 0 Å². The number of rotatable bonds is 17. The van der Waals surface area contributed by atoms with Crippen molar-refractivity contribution in [2.45, 2.75) is 84.2 Å². The molecule has 0 fully saturated rings. The molecule has 12 nitrogen and oxygen atoms in total. The summed E-state index contributed by atoms with van der Waals surface area (Å²) in [6.07, 6.45) is 2.04. The third-order valence-corrected chi connectivity index (χ3v) is 12.4. The van der Waals surface area contributed by atoms with E-state index in [9.17, 15) is 9.59 Å². The zero-order valence-electron chi connectivity index (χ0n) is 45.9. The Hall–Kier alpha value is -6.70. The second-order valence-electron chi connectivity index (χ2n) is 18.5. The van der Waals surface area contributed by atoms with Crippen LogP contribution in [0.3, 0.4) is 0 Å². The molecule has 6 aromatic rings. The molecule has 73 heavy (non-hydrogen) atoms. The molecule has 0 radical (unpaired) electrons. The maximum Gasteiger partial charge on any atom is 0.198 e. The topological polar surface area (TPSA) is 126 Å². The highest BCUT2D eigenvalue weighted by molar-refractivity contribution is 6.30. The first kappa shape index (κ1) is 60.6. The number of methoxy groups -OCH3 is 10. The fourth-order valence-electron chi connectivity index (χ4n) is 7.27. The van der Waals surface area contributed by atoms with E-state index in [2.05, 4.69) is 90.1 Å². The van der Waals surface area contributed by atoms with Gasteiger partial charge in [0.25, 0.3) is 0 Å². The molecule has 1 aliphatic rings. The van der Waals surface area contributed by atoms with Crippen LogP contribution < -0.4 is 28.4 Å². The molecule has 0 unspecified atom stereocenters. The number of ether oxygens (including phenoxy) is 10. The Labute approximate surface area is 434 Å². The van der Waals surface area contributed by atoms with Crippen LogP contribution in [-0.2, 0) is 37.6 Å². The van der Waals surface area contributed by atoms with Gasteiger partial charge in [0.05, 0.1) is 78.2 Å². The zero-order valence-corrected chi connectivity index (χ0v) is 45.9. The second kappa shape index (κ2) is 29.7. The number of ketones is 2. The quantitative estimate of drug-likeness (QED) is 0.0862. The van der Waals surface area contributed by atoms with Gasteiger partial charge in [-0.3, -0.25) is 9.59 Å². The highest BCUT2D eigenvalue weighted by Crippen LogP contribution is 2.38. The van der Waals surface area contributed by atoms with Crippen LogP contribution in [0.25, 0.3) is 0 Å². The van der Waals surface area contributed by atoms with E-state index in [-0.39, 0.29) is 39.3 Å². The smallest absolute Gasteiger partial charge is 0.198 e. The van der Waals surface area contributed by atoms with Crippen LogP contribution in [0, 0.1) is 0 Å². The number of hydrogen-bond donors (Lipinski definition) is 0. The van der Waals surface area contributed by atoms with E-state index < -0.39 is 0 Å². The molecule has 394 valence electrons. The van der Waals surface area contributed by atoms with Crippen LogP contribution in [0.15, 0.2) is 133 Å². The van der Waals surface area contributed by atoms with Crippen molar-refractivity contribution in [1.82, 2.24) is 0 Å². The Bertz CT molecular complexity index is 2390. The van der Waals surface area contributed by atoms with Gasteiger partial charge in [-0.05, 0) is 123 Å². The summed E-state index contributed by atoms with van der Waals surface area (Å²) in [6.45, 7) is 14.2. The first-order valence-electron chi connectivity index (χ1n) is 23.9. The van der Waals surface area contributed by atoms with Gasteiger partial charge >= 0.3 is 0 Å². The van der Waals surface area contributed by atoms with Crippen molar-refractivity contribution in [2.75, 3.05) is 71.1 Å². The van der Waals surface area contributed by atoms with E-state index in [1.54, 1.807) is 93.3 Å². The van der Waals surface area contributed by atoms with Crippen molar-refractivity contribution in [2.24, 2.45) is 0 Å². The molecule has 0 bridgehead atoms. The van der Waals surface area contributed by atoms with Crippen LogP contribution in [0.1, 0.15) is 108 Å². The van der Waals surface area contributed by atoms with Gasteiger partial charge in [0.15, 0.2) is 11.6 Å². The molecule has 0 heterocycles. The lowest BCUT2D eigenvalue weighted by Gasteiger charge is -2.29. The number of carbonyl (C=O) groups excluding carboxylic acids is 2. The summed E-state index contributed by atoms with van der Waals surface area (Å²) in [5.41, 5.74) is 6.15. The largest absolute Gasteiger partial charge is 0.497 e. The molecule has 0 atom stereocenters. The van der Waals surface area contributed by atoms with Crippen molar-refractivity contribution >= 4 is 11.6 Å². The number of fused-ring (bicyclic) bond motifs is 2. The van der Waals surface area contributed by atoms with Gasteiger partial charge in [0.2, 0.25) is 0 Å². The molecule has 1 aliphatic carbocycles. The third-order valence-electron chi connectivity index (χ3n) is 12.4. The van der Waals surface area contributed by atoms with Crippen LogP contribution in [-0.4, -0.2) is 93.9 Å². The van der Waals surface area contributed by atoms with Crippen molar-refractivity contribution in [3.8, 4) is 34.5 Å². The molecule has 0 aromatic heterocycles. The van der Waals surface area contributed by atoms with E-state index in [1.807, 2.05) is 48.5 Å². The first-order chi connectivity index (χ1) is 34.8. The minimum Gasteiger partial charge on any atom is -0.497 e. The fraction of sp³-hybridized carbons (Fsp3) is 0.377. The molecular weight excluding hydrogens is 925 g/mol. The fourth-order valence-corrected chi connectivity index (χ4v) is 7.27. The Balaban J connectivity index is 0.000000248.